The highest BCUT2D eigenvalue weighted by atomic mass is 35.5. The third-order valence-electron chi connectivity index (χ3n) is 4.15. The molecule has 1 aromatic heterocycles. The number of carbonyl (C=O) groups is 1. The Morgan fingerprint density at radius 3 is 2.67 bits per heavy atom. The number of aliphatic imine (C=N–C) groups is 1. The van der Waals surface area contributed by atoms with E-state index in [4.69, 9.17) is 11.6 Å². The Labute approximate surface area is 166 Å². The number of hydrogen-bond acceptors (Lipinski definition) is 4. The molecule has 27 heavy (non-hydrogen) atoms. The topological polar surface area (TPSA) is 59.3 Å². The highest BCUT2D eigenvalue weighted by molar-refractivity contribution is 8.14. The molecule has 2 aromatic carbocycles. The van der Waals surface area contributed by atoms with Crippen molar-refractivity contribution in [2.45, 2.75) is 6.54 Å². The molecule has 0 radical (unpaired) electrons. The summed E-state index contributed by atoms with van der Waals surface area (Å²) >= 11 is 7.83. The number of benzene rings is 2. The normalized spacial score (nSPS) is 13.4. The fourth-order valence-electron chi connectivity index (χ4n) is 2.85. The van der Waals surface area contributed by atoms with E-state index in [1.54, 1.807) is 22.6 Å². The molecule has 0 saturated heterocycles. The second-order valence-corrected chi connectivity index (χ2v) is 7.53. The predicted octanol–water partition coefficient (Wildman–Crippen LogP) is 4.08. The van der Waals surface area contributed by atoms with Gasteiger partial charge in [0.2, 0.25) is 0 Å². The fraction of sp³-hybridized carbons (Fsp3) is 0.150. The third-order valence-corrected chi connectivity index (χ3v) is 5.41. The number of nitrogens with zero attached hydrogens (tertiary/aromatic N) is 3. The summed E-state index contributed by atoms with van der Waals surface area (Å²) in [5, 5.41) is 8.89. The molecule has 3 aromatic rings. The van der Waals surface area contributed by atoms with E-state index in [1.807, 2.05) is 54.6 Å². The zero-order valence-corrected chi connectivity index (χ0v) is 16.0. The van der Waals surface area contributed by atoms with Crippen LogP contribution in [0.1, 0.15) is 15.9 Å². The summed E-state index contributed by atoms with van der Waals surface area (Å²) in [6, 6.07) is 17.3. The zero-order valence-electron chi connectivity index (χ0n) is 14.4. The molecule has 1 aliphatic heterocycles. The molecule has 5 nitrogen and oxygen atoms in total. The molecule has 0 saturated carbocycles. The Balaban J connectivity index is 1.68. The fourth-order valence-corrected chi connectivity index (χ4v) is 3.77. The Hall–Kier alpha value is -2.57. The van der Waals surface area contributed by atoms with Crippen molar-refractivity contribution < 1.29 is 4.79 Å². The second-order valence-electron chi connectivity index (χ2n) is 6.04. The molecule has 1 aliphatic rings. The van der Waals surface area contributed by atoms with E-state index in [9.17, 15) is 4.79 Å². The molecule has 0 unspecified atom stereocenters. The number of amides is 1. The van der Waals surface area contributed by atoms with E-state index in [-0.39, 0.29) is 5.91 Å². The van der Waals surface area contributed by atoms with Crippen LogP contribution in [0.5, 0.6) is 0 Å². The van der Waals surface area contributed by atoms with Gasteiger partial charge in [0.15, 0.2) is 5.17 Å². The lowest BCUT2D eigenvalue weighted by atomic mass is 10.1. The number of aromatic nitrogens is 2. The second kappa shape index (κ2) is 7.98. The molecular formula is C20H17ClN4OS. The van der Waals surface area contributed by atoms with Gasteiger partial charge in [-0.05, 0) is 11.6 Å². The molecule has 0 spiro atoms. The molecule has 0 fully saturated rings. The molecular weight excluding hydrogens is 380 g/mol. The molecule has 0 aliphatic carbocycles. The summed E-state index contributed by atoms with van der Waals surface area (Å²) < 4.78 is 1.75. The molecule has 1 amide bonds. The standard InChI is InChI=1S/C20H17ClN4OS/c21-17-9-5-4-8-15(17)12-25-13-16(19(26)23-20-22-10-11-27-20)18(24-25)14-6-2-1-3-7-14/h1-9,13H,10-12H2,(H,22,23,26). The van der Waals surface area contributed by atoms with Crippen LogP contribution >= 0.6 is 23.4 Å². The largest absolute Gasteiger partial charge is 0.301 e. The van der Waals surface area contributed by atoms with E-state index >= 15 is 0 Å². The van der Waals surface area contributed by atoms with Gasteiger partial charge in [-0.3, -0.25) is 14.5 Å². The molecule has 1 N–H and O–H groups in total. The van der Waals surface area contributed by atoms with Crippen LogP contribution in [0.15, 0.2) is 65.8 Å². The lowest BCUT2D eigenvalue weighted by Crippen LogP contribution is -2.27. The first-order valence-electron chi connectivity index (χ1n) is 8.55. The summed E-state index contributed by atoms with van der Waals surface area (Å²) in [5.74, 6) is 0.694. The summed E-state index contributed by atoms with van der Waals surface area (Å²) in [4.78, 5) is 17.1. The van der Waals surface area contributed by atoms with E-state index < -0.39 is 0 Å². The lowest BCUT2D eigenvalue weighted by Gasteiger charge is -2.04. The molecule has 0 bridgehead atoms. The van der Waals surface area contributed by atoms with Crippen LogP contribution in [0.3, 0.4) is 0 Å². The van der Waals surface area contributed by atoms with Crippen LogP contribution in [0.25, 0.3) is 11.3 Å². The Morgan fingerprint density at radius 1 is 1.15 bits per heavy atom. The van der Waals surface area contributed by atoms with E-state index in [0.717, 1.165) is 23.4 Å². The van der Waals surface area contributed by atoms with Crippen molar-refractivity contribution in [3.05, 3.63) is 76.9 Å². The van der Waals surface area contributed by atoms with Crippen molar-refractivity contribution in [2.75, 3.05) is 12.3 Å². The smallest absolute Gasteiger partial charge is 0.261 e. The number of amidine groups is 1. The van der Waals surface area contributed by atoms with Crippen molar-refractivity contribution in [1.82, 2.24) is 15.1 Å². The zero-order chi connectivity index (χ0) is 18.6. The highest BCUT2D eigenvalue weighted by Crippen LogP contribution is 2.24. The number of hydrogen-bond donors (Lipinski definition) is 1. The van der Waals surface area contributed by atoms with E-state index in [0.29, 0.717) is 28.0 Å². The number of thioether (sulfide) groups is 1. The first kappa shape index (κ1) is 17.8. The van der Waals surface area contributed by atoms with E-state index in [1.165, 1.54) is 0 Å². The minimum absolute atomic E-state index is 0.201. The van der Waals surface area contributed by atoms with E-state index in [2.05, 4.69) is 15.4 Å². The SMILES string of the molecule is O=C(NC1=NCCS1)c1cn(Cc2ccccc2Cl)nc1-c1ccccc1. The molecule has 7 heteroatoms. The van der Waals surface area contributed by atoms with Gasteiger partial charge < -0.3 is 5.32 Å². The Bertz CT molecular complexity index is 1000. The average Bonchev–Trinajstić information content (AvgIpc) is 3.34. The maximum Gasteiger partial charge on any atom is 0.261 e. The predicted molar refractivity (Wildman–Crippen MR) is 110 cm³/mol. The quantitative estimate of drug-likeness (QED) is 0.722. The van der Waals surface area contributed by atoms with Crippen LogP contribution in [0.2, 0.25) is 5.02 Å². The van der Waals surface area contributed by atoms with Crippen LogP contribution in [-0.2, 0) is 6.54 Å². The molecule has 4 rings (SSSR count). The summed E-state index contributed by atoms with van der Waals surface area (Å²) in [7, 11) is 0. The number of halogens is 1. The van der Waals surface area contributed by atoms with Gasteiger partial charge in [-0.25, -0.2) is 0 Å². The summed E-state index contributed by atoms with van der Waals surface area (Å²) in [6.45, 7) is 1.22. The van der Waals surface area contributed by atoms with Crippen LogP contribution in [0.4, 0.5) is 0 Å². The minimum atomic E-state index is -0.201. The molecule has 136 valence electrons. The van der Waals surface area contributed by atoms with Crippen molar-refractivity contribution >= 4 is 34.4 Å². The lowest BCUT2D eigenvalue weighted by molar-refractivity contribution is 0.0978. The highest BCUT2D eigenvalue weighted by Gasteiger charge is 2.20. The van der Waals surface area contributed by atoms with Gasteiger partial charge in [0.05, 0.1) is 18.7 Å². The van der Waals surface area contributed by atoms with Gasteiger partial charge in [0.25, 0.3) is 5.91 Å². The van der Waals surface area contributed by atoms with Crippen LogP contribution in [0, 0.1) is 0 Å². The average molecular weight is 397 g/mol. The first-order chi connectivity index (χ1) is 13.2. The maximum absolute atomic E-state index is 12.8. The van der Waals surface area contributed by atoms with Crippen LogP contribution in [-0.4, -0.2) is 33.2 Å². The first-order valence-corrected chi connectivity index (χ1v) is 9.92. The Kier molecular flexibility index (Phi) is 5.27. The van der Waals surface area contributed by atoms with Crippen molar-refractivity contribution in [3.63, 3.8) is 0 Å². The van der Waals surface area contributed by atoms with Crippen molar-refractivity contribution in [2.24, 2.45) is 4.99 Å². The maximum atomic E-state index is 12.8. The third kappa shape index (κ3) is 4.07. The van der Waals surface area contributed by atoms with Gasteiger partial charge in [-0.15, -0.1) is 0 Å². The van der Waals surface area contributed by atoms with Gasteiger partial charge >= 0.3 is 0 Å². The monoisotopic (exact) mass is 396 g/mol. The minimum Gasteiger partial charge on any atom is -0.301 e. The van der Waals surface area contributed by atoms with Crippen molar-refractivity contribution in [1.29, 1.82) is 0 Å². The molecule has 0 atom stereocenters. The van der Waals surface area contributed by atoms with Crippen LogP contribution < -0.4 is 5.32 Å². The summed E-state index contributed by atoms with van der Waals surface area (Å²) in [6.07, 6.45) is 1.77. The van der Waals surface area contributed by atoms with Gasteiger partial charge in [-0.1, -0.05) is 71.9 Å². The number of carbonyl (C=O) groups excluding carboxylic acids is 1. The molecule has 2 heterocycles. The summed E-state index contributed by atoms with van der Waals surface area (Å²) in [5.41, 5.74) is 3.00. The van der Waals surface area contributed by atoms with Gasteiger partial charge in [0, 0.05) is 22.5 Å². The van der Waals surface area contributed by atoms with Crippen molar-refractivity contribution in [3.8, 4) is 11.3 Å². The number of rotatable bonds is 4. The van der Waals surface area contributed by atoms with Gasteiger partial charge in [-0.2, -0.15) is 5.10 Å². The van der Waals surface area contributed by atoms with Gasteiger partial charge in [0.1, 0.15) is 5.69 Å². The Morgan fingerprint density at radius 2 is 1.93 bits per heavy atom. The number of nitrogens with one attached hydrogen (secondary N) is 1.